The van der Waals surface area contributed by atoms with Gasteiger partial charge in [-0.05, 0) is 47.6 Å². The van der Waals surface area contributed by atoms with Gasteiger partial charge in [0, 0.05) is 26.3 Å². The van der Waals surface area contributed by atoms with Crippen LogP contribution in [-0.4, -0.2) is 19.8 Å². The Morgan fingerprint density at radius 3 is 2.85 bits per heavy atom. The summed E-state index contributed by atoms with van der Waals surface area (Å²) < 4.78 is 5.16. The number of rotatable bonds is 7. The molecule has 2 aromatic rings. The zero-order chi connectivity index (χ0) is 13.8. The van der Waals surface area contributed by atoms with Crippen molar-refractivity contribution in [3.63, 3.8) is 0 Å². The molecule has 1 aliphatic rings. The van der Waals surface area contributed by atoms with Gasteiger partial charge >= 0.3 is 0 Å². The molecule has 0 heterocycles. The van der Waals surface area contributed by atoms with Gasteiger partial charge in [-0.25, -0.2) is 0 Å². The molecule has 0 aliphatic heterocycles. The second-order valence-electron chi connectivity index (χ2n) is 5.73. The van der Waals surface area contributed by atoms with Crippen molar-refractivity contribution in [2.24, 2.45) is 0 Å². The van der Waals surface area contributed by atoms with E-state index in [0.717, 1.165) is 32.0 Å². The van der Waals surface area contributed by atoms with E-state index in [1.54, 1.807) is 7.11 Å². The van der Waals surface area contributed by atoms with Crippen molar-refractivity contribution in [1.29, 1.82) is 0 Å². The van der Waals surface area contributed by atoms with Crippen LogP contribution in [0.15, 0.2) is 36.4 Å². The van der Waals surface area contributed by atoms with Gasteiger partial charge in [0.25, 0.3) is 0 Å². The first-order valence-electron chi connectivity index (χ1n) is 7.59. The molecule has 2 heteroatoms. The highest BCUT2D eigenvalue weighted by Gasteiger charge is 2.20. The summed E-state index contributed by atoms with van der Waals surface area (Å²) in [5.74, 6) is 0. The quantitative estimate of drug-likeness (QED) is 0.774. The highest BCUT2D eigenvalue weighted by Crippen LogP contribution is 2.24. The predicted molar refractivity (Wildman–Crippen MR) is 84.0 cm³/mol. The number of nitrogens with one attached hydrogen (secondary N) is 1. The molecule has 2 aromatic carbocycles. The van der Waals surface area contributed by atoms with E-state index >= 15 is 0 Å². The minimum atomic E-state index is 0.755. The monoisotopic (exact) mass is 269 g/mol. The average Bonchev–Trinajstić information content (AvgIpc) is 3.29. The number of hydrogen-bond donors (Lipinski definition) is 1. The van der Waals surface area contributed by atoms with Gasteiger partial charge in [-0.1, -0.05) is 36.4 Å². The summed E-state index contributed by atoms with van der Waals surface area (Å²) in [5.41, 5.74) is 2.86. The third-order valence-electron chi connectivity index (χ3n) is 3.98. The molecule has 0 amide bonds. The van der Waals surface area contributed by atoms with Gasteiger partial charge in [0.15, 0.2) is 0 Å². The van der Waals surface area contributed by atoms with E-state index in [1.165, 1.54) is 34.7 Å². The first-order valence-corrected chi connectivity index (χ1v) is 7.59. The Kier molecular flexibility index (Phi) is 4.34. The topological polar surface area (TPSA) is 21.3 Å². The molecule has 1 aliphatic carbocycles. The van der Waals surface area contributed by atoms with E-state index in [-0.39, 0.29) is 0 Å². The van der Waals surface area contributed by atoms with Crippen LogP contribution >= 0.6 is 0 Å². The third kappa shape index (κ3) is 3.38. The van der Waals surface area contributed by atoms with E-state index in [4.69, 9.17) is 4.74 Å². The van der Waals surface area contributed by atoms with Crippen LogP contribution in [0.3, 0.4) is 0 Å². The minimum Gasteiger partial charge on any atom is -0.385 e. The number of aryl methyl sites for hydroxylation is 1. The first-order chi connectivity index (χ1) is 9.86. The van der Waals surface area contributed by atoms with Crippen LogP contribution in [0, 0.1) is 0 Å². The van der Waals surface area contributed by atoms with E-state index in [0.29, 0.717) is 0 Å². The Bertz CT molecular complexity index is 575. The molecule has 0 unspecified atom stereocenters. The molecule has 0 radical (unpaired) electrons. The summed E-state index contributed by atoms with van der Waals surface area (Å²) >= 11 is 0. The SMILES string of the molecule is COCCCc1cc(CNC2CC2)c2ccccc2c1. The van der Waals surface area contributed by atoms with E-state index in [1.807, 2.05) is 0 Å². The summed E-state index contributed by atoms with van der Waals surface area (Å²) in [5, 5.41) is 6.38. The fourth-order valence-corrected chi connectivity index (χ4v) is 2.71. The molecule has 0 bridgehead atoms. The summed E-state index contributed by atoms with van der Waals surface area (Å²) in [6, 6.07) is 14.2. The fourth-order valence-electron chi connectivity index (χ4n) is 2.71. The van der Waals surface area contributed by atoms with Crippen molar-refractivity contribution >= 4 is 10.8 Å². The molecular formula is C18H23NO. The second kappa shape index (κ2) is 6.38. The normalized spacial score (nSPS) is 14.8. The molecule has 3 rings (SSSR count). The lowest BCUT2D eigenvalue weighted by Gasteiger charge is -2.11. The number of ether oxygens (including phenoxy) is 1. The standard InChI is InChI=1S/C18H23NO/c1-20-10-4-5-14-11-15-6-2-3-7-18(15)16(12-14)13-19-17-8-9-17/h2-3,6-7,11-12,17,19H,4-5,8-10,13H2,1H3. The summed E-state index contributed by atoms with van der Waals surface area (Å²) in [7, 11) is 1.77. The molecule has 20 heavy (non-hydrogen) atoms. The predicted octanol–water partition coefficient (Wildman–Crippen LogP) is 3.67. The zero-order valence-electron chi connectivity index (χ0n) is 12.2. The third-order valence-corrected chi connectivity index (χ3v) is 3.98. The van der Waals surface area contributed by atoms with Crippen molar-refractivity contribution in [1.82, 2.24) is 5.32 Å². The number of fused-ring (bicyclic) bond motifs is 1. The second-order valence-corrected chi connectivity index (χ2v) is 5.73. The van der Waals surface area contributed by atoms with Gasteiger partial charge in [-0.3, -0.25) is 0 Å². The smallest absolute Gasteiger partial charge is 0.0465 e. The van der Waals surface area contributed by atoms with Crippen molar-refractivity contribution in [3.05, 3.63) is 47.5 Å². The molecule has 1 fully saturated rings. The van der Waals surface area contributed by atoms with E-state index in [2.05, 4.69) is 41.7 Å². The van der Waals surface area contributed by atoms with Crippen molar-refractivity contribution in [2.75, 3.05) is 13.7 Å². The Morgan fingerprint density at radius 2 is 2.05 bits per heavy atom. The van der Waals surface area contributed by atoms with Gasteiger partial charge in [-0.15, -0.1) is 0 Å². The minimum absolute atomic E-state index is 0.755. The Morgan fingerprint density at radius 1 is 1.20 bits per heavy atom. The lowest BCUT2D eigenvalue weighted by atomic mass is 9.98. The van der Waals surface area contributed by atoms with Crippen LogP contribution in [0.1, 0.15) is 30.4 Å². The highest BCUT2D eigenvalue weighted by atomic mass is 16.5. The average molecular weight is 269 g/mol. The molecule has 0 saturated heterocycles. The Labute approximate surface area is 121 Å². The van der Waals surface area contributed by atoms with Crippen molar-refractivity contribution in [2.45, 2.75) is 38.3 Å². The Balaban J connectivity index is 1.83. The van der Waals surface area contributed by atoms with Crippen LogP contribution < -0.4 is 5.32 Å². The maximum atomic E-state index is 5.16. The zero-order valence-corrected chi connectivity index (χ0v) is 12.2. The fraction of sp³-hybridized carbons (Fsp3) is 0.444. The molecule has 1 N–H and O–H groups in total. The Hall–Kier alpha value is -1.38. The lowest BCUT2D eigenvalue weighted by molar-refractivity contribution is 0.195. The summed E-state index contributed by atoms with van der Waals surface area (Å²) in [6.45, 7) is 1.83. The lowest BCUT2D eigenvalue weighted by Crippen LogP contribution is -2.15. The van der Waals surface area contributed by atoms with Gasteiger partial charge in [0.1, 0.15) is 0 Å². The molecule has 0 aromatic heterocycles. The maximum absolute atomic E-state index is 5.16. The van der Waals surface area contributed by atoms with Gasteiger partial charge < -0.3 is 10.1 Å². The molecule has 1 saturated carbocycles. The molecular weight excluding hydrogens is 246 g/mol. The van der Waals surface area contributed by atoms with Crippen molar-refractivity contribution in [3.8, 4) is 0 Å². The van der Waals surface area contributed by atoms with Crippen LogP contribution in [0.4, 0.5) is 0 Å². The van der Waals surface area contributed by atoms with Gasteiger partial charge in [-0.2, -0.15) is 0 Å². The molecule has 0 spiro atoms. The molecule has 2 nitrogen and oxygen atoms in total. The highest BCUT2D eigenvalue weighted by molar-refractivity contribution is 5.86. The van der Waals surface area contributed by atoms with E-state index in [9.17, 15) is 0 Å². The van der Waals surface area contributed by atoms with Crippen molar-refractivity contribution < 1.29 is 4.74 Å². The molecule has 106 valence electrons. The van der Waals surface area contributed by atoms with Gasteiger partial charge in [0.2, 0.25) is 0 Å². The largest absolute Gasteiger partial charge is 0.385 e. The van der Waals surface area contributed by atoms with Crippen LogP contribution in [0.5, 0.6) is 0 Å². The maximum Gasteiger partial charge on any atom is 0.0465 e. The summed E-state index contributed by atoms with van der Waals surface area (Å²) in [6.07, 6.45) is 4.86. The van der Waals surface area contributed by atoms with Crippen LogP contribution in [-0.2, 0) is 17.7 Å². The molecule has 0 atom stereocenters. The van der Waals surface area contributed by atoms with Crippen LogP contribution in [0.25, 0.3) is 10.8 Å². The number of hydrogen-bond acceptors (Lipinski definition) is 2. The summed E-state index contributed by atoms with van der Waals surface area (Å²) in [4.78, 5) is 0. The van der Waals surface area contributed by atoms with E-state index < -0.39 is 0 Å². The first kappa shape index (κ1) is 13.6. The number of methoxy groups -OCH3 is 1. The van der Waals surface area contributed by atoms with Crippen LogP contribution in [0.2, 0.25) is 0 Å². The van der Waals surface area contributed by atoms with Gasteiger partial charge in [0.05, 0.1) is 0 Å². The number of benzene rings is 2.